The summed E-state index contributed by atoms with van der Waals surface area (Å²) in [6, 6.07) is 8.28. The zero-order valence-electron chi connectivity index (χ0n) is 13.0. The van der Waals surface area contributed by atoms with Crippen LogP contribution in [0, 0.1) is 0 Å². The highest BCUT2D eigenvalue weighted by Gasteiger charge is 2.17. The van der Waals surface area contributed by atoms with Crippen molar-refractivity contribution in [3.05, 3.63) is 48.0 Å². The van der Waals surface area contributed by atoms with Gasteiger partial charge in [0.15, 0.2) is 0 Å². The molecular weight excluding hydrogens is 264 g/mol. The highest BCUT2D eigenvalue weighted by Crippen LogP contribution is 2.23. The van der Waals surface area contributed by atoms with Gasteiger partial charge < -0.3 is 15.0 Å². The van der Waals surface area contributed by atoms with Crippen molar-refractivity contribution in [1.29, 1.82) is 0 Å². The van der Waals surface area contributed by atoms with Crippen molar-refractivity contribution in [2.45, 2.75) is 19.5 Å². The topological polar surface area (TPSA) is 56.3 Å². The minimum Gasteiger partial charge on any atom is -0.494 e. The standard InChI is InChI=1S/C16H24N4O/c1-4-21-14-7-5-6-13(10-14)15(11-17)20(3)12-16-18-8-9-19(16)2/h5-10,15H,4,11-12,17H2,1-3H3. The Morgan fingerprint density at radius 3 is 2.86 bits per heavy atom. The number of hydrogen-bond acceptors (Lipinski definition) is 4. The first-order valence-electron chi connectivity index (χ1n) is 7.25. The molecule has 1 aromatic heterocycles. The van der Waals surface area contributed by atoms with E-state index in [0.29, 0.717) is 13.2 Å². The molecular formula is C16H24N4O. The lowest BCUT2D eigenvalue weighted by atomic mass is 10.1. The average molecular weight is 288 g/mol. The van der Waals surface area contributed by atoms with Gasteiger partial charge in [0.25, 0.3) is 0 Å². The minimum atomic E-state index is 0.141. The first kappa shape index (κ1) is 15.5. The van der Waals surface area contributed by atoms with Gasteiger partial charge in [-0.3, -0.25) is 4.90 Å². The number of likely N-dealkylation sites (N-methyl/N-ethyl adjacent to an activating group) is 1. The molecule has 2 aromatic rings. The number of benzene rings is 1. The number of nitrogens with zero attached hydrogens (tertiary/aromatic N) is 3. The van der Waals surface area contributed by atoms with Gasteiger partial charge in [-0.1, -0.05) is 12.1 Å². The van der Waals surface area contributed by atoms with Gasteiger partial charge in [0.1, 0.15) is 11.6 Å². The van der Waals surface area contributed by atoms with Gasteiger partial charge in [-0.15, -0.1) is 0 Å². The lowest BCUT2D eigenvalue weighted by molar-refractivity contribution is 0.233. The van der Waals surface area contributed by atoms with E-state index in [1.807, 2.05) is 43.1 Å². The van der Waals surface area contributed by atoms with E-state index in [1.54, 1.807) is 0 Å². The Bertz CT molecular complexity index is 567. The van der Waals surface area contributed by atoms with E-state index < -0.39 is 0 Å². The van der Waals surface area contributed by atoms with Gasteiger partial charge >= 0.3 is 0 Å². The van der Waals surface area contributed by atoms with Gasteiger partial charge in [-0.25, -0.2) is 4.98 Å². The van der Waals surface area contributed by atoms with Crippen LogP contribution in [0.3, 0.4) is 0 Å². The number of hydrogen-bond donors (Lipinski definition) is 1. The molecule has 1 aromatic carbocycles. The number of rotatable bonds is 7. The lowest BCUT2D eigenvalue weighted by Gasteiger charge is -2.27. The van der Waals surface area contributed by atoms with Crippen LogP contribution in [0.4, 0.5) is 0 Å². The van der Waals surface area contributed by atoms with Crippen molar-refractivity contribution in [2.75, 3.05) is 20.2 Å². The molecule has 0 saturated carbocycles. The first-order valence-corrected chi connectivity index (χ1v) is 7.25. The maximum absolute atomic E-state index is 5.99. The van der Waals surface area contributed by atoms with Gasteiger partial charge in [0, 0.05) is 32.0 Å². The minimum absolute atomic E-state index is 0.141. The summed E-state index contributed by atoms with van der Waals surface area (Å²) in [6.45, 7) is 3.96. The Labute approximate surface area is 126 Å². The van der Waals surface area contributed by atoms with E-state index >= 15 is 0 Å². The molecule has 0 aliphatic heterocycles. The fraction of sp³-hybridized carbons (Fsp3) is 0.438. The third-order valence-electron chi connectivity index (χ3n) is 3.62. The van der Waals surface area contributed by atoms with Gasteiger partial charge in [-0.05, 0) is 31.7 Å². The zero-order valence-corrected chi connectivity index (χ0v) is 13.0. The van der Waals surface area contributed by atoms with E-state index in [-0.39, 0.29) is 6.04 Å². The fourth-order valence-electron chi connectivity index (χ4n) is 2.43. The highest BCUT2D eigenvalue weighted by atomic mass is 16.5. The predicted octanol–water partition coefficient (Wildman–Crippen LogP) is 1.95. The number of ether oxygens (including phenoxy) is 1. The van der Waals surface area contributed by atoms with Gasteiger partial charge in [0.05, 0.1) is 13.2 Å². The second kappa shape index (κ2) is 7.24. The van der Waals surface area contributed by atoms with Crippen LogP contribution >= 0.6 is 0 Å². The predicted molar refractivity (Wildman–Crippen MR) is 84.1 cm³/mol. The molecule has 1 unspecified atom stereocenters. The Morgan fingerprint density at radius 2 is 2.24 bits per heavy atom. The molecule has 1 atom stereocenters. The van der Waals surface area contributed by atoms with Crippen LogP contribution in [-0.2, 0) is 13.6 Å². The quantitative estimate of drug-likeness (QED) is 0.846. The zero-order chi connectivity index (χ0) is 15.2. The highest BCUT2D eigenvalue weighted by molar-refractivity contribution is 5.31. The second-order valence-corrected chi connectivity index (χ2v) is 5.13. The van der Waals surface area contributed by atoms with Crippen molar-refractivity contribution < 1.29 is 4.74 Å². The molecule has 0 saturated heterocycles. The third kappa shape index (κ3) is 3.83. The summed E-state index contributed by atoms with van der Waals surface area (Å²) in [6.07, 6.45) is 3.77. The van der Waals surface area contributed by atoms with Crippen molar-refractivity contribution in [3.8, 4) is 5.75 Å². The molecule has 2 N–H and O–H groups in total. The largest absolute Gasteiger partial charge is 0.494 e. The molecule has 0 bridgehead atoms. The SMILES string of the molecule is CCOc1cccc(C(CN)N(C)Cc2nccn2C)c1. The molecule has 0 spiro atoms. The fourth-order valence-corrected chi connectivity index (χ4v) is 2.43. The molecule has 5 heteroatoms. The summed E-state index contributed by atoms with van der Waals surface area (Å²) >= 11 is 0. The van der Waals surface area contributed by atoms with E-state index in [4.69, 9.17) is 10.5 Å². The molecule has 5 nitrogen and oxygen atoms in total. The van der Waals surface area contributed by atoms with Crippen LogP contribution in [0.2, 0.25) is 0 Å². The molecule has 114 valence electrons. The van der Waals surface area contributed by atoms with E-state index in [0.717, 1.165) is 18.1 Å². The van der Waals surface area contributed by atoms with Crippen LogP contribution in [0.25, 0.3) is 0 Å². The van der Waals surface area contributed by atoms with Crippen LogP contribution in [-0.4, -0.2) is 34.7 Å². The monoisotopic (exact) mass is 288 g/mol. The second-order valence-electron chi connectivity index (χ2n) is 5.13. The summed E-state index contributed by atoms with van der Waals surface area (Å²) in [5.41, 5.74) is 7.15. The maximum atomic E-state index is 5.99. The summed E-state index contributed by atoms with van der Waals surface area (Å²) in [7, 11) is 4.07. The molecule has 1 heterocycles. The Kier molecular flexibility index (Phi) is 5.36. The average Bonchev–Trinajstić information content (AvgIpc) is 2.86. The maximum Gasteiger partial charge on any atom is 0.122 e. The summed E-state index contributed by atoms with van der Waals surface area (Å²) < 4.78 is 7.60. The smallest absolute Gasteiger partial charge is 0.122 e. The van der Waals surface area contributed by atoms with E-state index in [9.17, 15) is 0 Å². The van der Waals surface area contributed by atoms with E-state index in [2.05, 4.69) is 29.1 Å². The normalized spacial score (nSPS) is 12.6. The van der Waals surface area contributed by atoms with Crippen LogP contribution in [0.15, 0.2) is 36.7 Å². The molecule has 0 radical (unpaired) electrons. The summed E-state index contributed by atoms with van der Waals surface area (Å²) in [5.74, 6) is 1.91. The molecule has 0 fully saturated rings. The van der Waals surface area contributed by atoms with Crippen molar-refractivity contribution in [2.24, 2.45) is 12.8 Å². The molecule has 0 amide bonds. The van der Waals surface area contributed by atoms with E-state index in [1.165, 1.54) is 5.56 Å². The number of imidazole rings is 1. The van der Waals surface area contributed by atoms with Crippen molar-refractivity contribution >= 4 is 0 Å². The summed E-state index contributed by atoms with van der Waals surface area (Å²) in [4.78, 5) is 6.58. The van der Waals surface area contributed by atoms with Gasteiger partial charge in [0.2, 0.25) is 0 Å². The van der Waals surface area contributed by atoms with Crippen LogP contribution < -0.4 is 10.5 Å². The van der Waals surface area contributed by atoms with Crippen molar-refractivity contribution in [3.63, 3.8) is 0 Å². The molecule has 2 rings (SSSR count). The lowest BCUT2D eigenvalue weighted by Crippen LogP contribution is -2.31. The van der Waals surface area contributed by atoms with Crippen molar-refractivity contribution in [1.82, 2.24) is 14.5 Å². The first-order chi connectivity index (χ1) is 10.2. The Morgan fingerprint density at radius 1 is 1.43 bits per heavy atom. The summed E-state index contributed by atoms with van der Waals surface area (Å²) in [5, 5.41) is 0. The molecule has 21 heavy (non-hydrogen) atoms. The molecule has 0 aliphatic carbocycles. The number of aromatic nitrogens is 2. The van der Waals surface area contributed by atoms with Crippen LogP contribution in [0.1, 0.15) is 24.4 Å². The Hall–Kier alpha value is -1.85. The van der Waals surface area contributed by atoms with Crippen LogP contribution in [0.5, 0.6) is 5.75 Å². The number of aryl methyl sites for hydroxylation is 1. The number of nitrogens with two attached hydrogens (primary N) is 1. The van der Waals surface area contributed by atoms with Gasteiger partial charge in [-0.2, -0.15) is 0 Å². The molecule has 0 aliphatic rings. The third-order valence-corrected chi connectivity index (χ3v) is 3.62. The Balaban J connectivity index is 2.14.